The Balaban J connectivity index is 1.85. The highest BCUT2D eigenvalue weighted by molar-refractivity contribution is 7.18. The van der Waals surface area contributed by atoms with E-state index >= 15 is 0 Å². The third-order valence-corrected chi connectivity index (χ3v) is 3.89. The number of aromatic carboxylic acids is 1. The number of hydrogen-bond donors (Lipinski definition) is 1. The second kappa shape index (κ2) is 5.49. The van der Waals surface area contributed by atoms with Crippen molar-refractivity contribution in [1.29, 1.82) is 0 Å². The summed E-state index contributed by atoms with van der Waals surface area (Å²) in [7, 11) is 0. The number of thiazole rings is 1. The SMILES string of the molecule is O=C(O)c1c(F)cccc1OCc1nc2ccccc2s1. The normalized spacial score (nSPS) is 10.7. The zero-order valence-electron chi connectivity index (χ0n) is 10.7. The molecule has 0 bridgehead atoms. The Bertz CT molecular complexity index is 783. The number of para-hydroxylation sites is 1. The molecule has 21 heavy (non-hydrogen) atoms. The first-order chi connectivity index (χ1) is 10.1. The molecule has 0 aliphatic heterocycles. The van der Waals surface area contributed by atoms with Crippen LogP contribution in [0.25, 0.3) is 10.2 Å². The third kappa shape index (κ3) is 2.71. The van der Waals surface area contributed by atoms with E-state index in [9.17, 15) is 9.18 Å². The van der Waals surface area contributed by atoms with Crippen LogP contribution < -0.4 is 4.74 Å². The lowest BCUT2D eigenvalue weighted by atomic mass is 10.2. The number of hydrogen-bond acceptors (Lipinski definition) is 4. The molecule has 0 fully saturated rings. The lowest BCUT2D eigenvalue weighted by Gasteiger charge is -2.07. The van der Waals surface area contributed by atoms with Gasteiger partial charge in [-0.1, -0.05) is 18.2 Å². The number of ether oxygens (including phenoxy) is 1. The van der Waals surface area contributed by atoms with Gasteiger partial charge in [-0.2, -0.15) is 0 Å². The Hall–Kier alpha value is -2.47. The monoisotopic (exact) mass is 303 g/mol. The van der Waals surface area contributed by atoms with Crippen molar-refractivity contribution in [3.63, 3.8) is 0 Å². The Morgan fingerprint density at radius 1 is 1.24 bits per heavy atom. The Morgan fingerprint density at radius 2 is 2.05 bits per heavy atom. The van der Waals surface area contributed by atoms with Crippen LogP contribution in [-0.2, 0) is 6.61 Å². The van der Waals surface area contributed by atoms with Gasteiger partial charge in [-0.05, 0) is 24.3 Å². The number of carboxylic acids is 1. The Kier molecular flexibility index (Phi) is 3.53. The number of carbonyl (C=O) groups is 1. The summed E-state index contributed by atoms with van der Waals surface area (Å²) in [5.41, 5.74) is 0.400. The van der Waals surface area contributed by atoms with E-state index in [1.54, 1.807) is 0 Å². The van der Waals surface area contributed by atoms with Gasteiger partial charge in [0, 0.05) is 0 Å². The zero-order chi connectivity index (χ0) is 14.8. The summed E-state index contributed by atoms with van der Waals surface area (Å²) >= 11 is 1.46. The van der Waals surface area contributed by atoms with Gasteiger partial charge in [0.15, 0.2) is 0 Å². The van der Waals surface area contributed by atoms with Gasteiger partial charge in [-0.15, -0.1) is 11.3 Å². The molecule has 1 heterocycles. The quantitative estimate of drug-likeness (QED) is 0.798. The van der Waals surface area contributed by atoms with Crippen molar-refractivity contribution in [3.8, 4) is 5.75 Å². The molecule has 1 aromatic heterocycles. The number of halogens is 1. The molecule has 106 valence electrons. The highest BCUT2D eigenvalue weighted by Crippen LogP contribution is 2.25. The molecule has 0 spiro atoms. The molecule has 0 radical (unpaired) electrons. The van der Waals surface area contributed by atoms with Gasteiger partial charge in [-0.3, -0.25) is 0 Å². The maximum absolute atomic E-state index is 13.5. The zero-order valence-corrected chi connectivity index (χ0v) is 11.6. The van der Waals surface area contributed by atoms with Crippen molar-refractivity contribution in [3.05, 3.63) is 58.9 Å². The van der Waals surface area contributed by atoms with Gasteiger partial charge in [0.1, 0.15) is 28.7 Å². The molecule has 1 N–H and O–H groups in total. The average molecular weight is 303 g/mol. The van der Waals surface area contributed by atoms with Gasteiger partial charge in [0.25, 0.3) is 0 Å². The van der Waals surface area contributed by atoms with Crippen LogP contribution in [0.1, 0.15) is 15.4 Å². The summed E-state index contributed by atoms with van der Waals surface area (Å²) in [6, 6.07) is 11.6. The lowest BCUT2D eigenvalue weighted by Crippen LogP contribution is -2.05. The largest absolute Gasteiger partial charge is 0.485 e. The van der Waals surface area contributed by atoms with Gasteiger partial charge >= 0.3 is 5.97 Å². The van der Waals surface area contributed by atoms with Gasteiger partial charge < -0.3 is 9.84 Å². The lowest BCUT2D eigenvalue weighted by molar-refractivity contribution is 0.0686. The van der Waals surface area contributed by atoms with E-state index in [1.165, 1.54) is 23.5 Å². The van der Waals surface area contributed by atoms with Crippen molar-refractivity contribution in [1.82, 2.24) is 4.98 Å². The van der Waals surface area contributed by atoms with Crippen LogP contribution in [-0.4, -0.2) is 16.1 Å². The Morgan fingerprint density at radius 3 is 2.81 bits per heavy atom. The summed E-state index contributed by atoms with van der Waals surface area (Å²) in [4.78, 5) is 15.4. The second-order valence-electron chi connectivity index (χ2n) is 4.28. The van der Waals surface area contributed by atoms with Gasteiger partial charge in [0.05, 0.1) is 10.2 Å². The van der Waals surface area contributed by atoms with Gasteiger partial charge in [-0.25, -0.2) is 14.2 Å². The first-order valence-electron chi connectivity index (χ1n) is 6.14. The number of nitrogens with zero attached hydrogens (tertiary/aromatic N) is 1. The molecule has 0 atom stereocenters. The molecule has 0 aliphatic carbocycles. The highest BCUT2D eigenvalue weighted by atomic mass is 32.1. The van der Waals surface area contributed by atoms with Crippen LogP contribution in [0.5, 0.6) is 5.75 Å². The average Bonchev–Trinajstić information content (AvgIpc) is 2.87. The van der Waals surface area contributed by atoms with Crippen molar-refractivity contribution in [2.45, 2.75) is 6.61 Å². The number of benzene rings is 2. The number of rotatable bonds is 4. The van der Waals surface area contributed by atoms with Crippen molar-refractivity contribution in [2.75, 3.05) is 0 Å². The first-order valence-corrected chi connectivity index (χ1v) is 6.96. The highest BCUT2D eigenvalue weighted by Gasteiger charge is 2.17. The first kappa shape index (κ1) is 13.5. The van der Waals surface area contributed by atoms with E-state index in [0.29, 0.717) is 5.01 Å². The van der Waals surface area contributed by atoms with Crippen LogP contribution in [0.3, 0.4) is 0 Å². The predicted molar refractivity (Wildman–Crippen MR) is 77.3 cm³/mol. The van der Waals surface area contributed by atoms with E-state index in [1.807, 2.05) is 24.3 Å². The van der Waals surface area contributed by atoms with Crippen molar-refractivity contribution < 1.29 is 19.0 Å². The minimum absolute atomic E-state index is 0.00163. The molecule has 0 saturated heterocycles. The predicted octanol–water partition coefficient (Wildman–Crippen LogP) is 3.71. The third-order valence-electron chi connectivity index (χ3n) is 2.88. The fraction of sp³-hybridized carbons (Fsp3) is 0.0667. The van der Waals surface area contributed by atoms with Crippen LogP contribution in [0.4, 0.5) is 4.39 Å². The maximum atomic E-state index is 13.5. The molecule has 3 rings (SSSR count). The topological polar surface area (TPSA) is 59.4 Å². The van der Waals surface area contributed by atoms with Crippen molar-refractivity contribution >= 4 is 27.5 Å². The fourth-order valence-electron chi connectivity index (χ4n) is 1.95. The summed E-state index contributed by atoms with van der Waals surface area (Å²) in [6.45, 7) is 0.100. The van der Waals surface area contributed by atoms with Crippen LogP contribution in [0, 0.1) is 5.82 Å². The molecule has 3 aromatic rings. The molecular formula is C15H10FNO3S. The molecule has 4 nitrogen and oxygen atoms in total. The summed E-state index contributed by atoms with van der Waals surface area (Å²) < 4.78 is 20.0. The number of aromatic nitrogens is 1. The summed E-state index contributed by atoms with van der Waals surface area (Å²) in [6.07, 6.45) is 0. The van der Waals surface area contributed by atoms with E-state index in [0.717, 1.165) is 16.3 Å². The smallest absolute Gasteiger partial charge is 0.342 e. The molecule has 0 unspecified atom stereocenters. The van der Waals surface area contributed by atoms with E-state index in [4.69, 9.17) is 9.84 Å². The van der Waals surface area contributed by atoms with Crippen LogP contribution in [0.15, 0.2) is 42.5 Å². The molecule has 0 aliphatic rings. The van der Waals surface area contributed by atoms with E-state index in [2.05, 4.69) is 4.98 Å². The van der Waals surface area contributed by atoms with Crippen LogP contribution >= 0.6 is 11.3 Å². The standard InChI is InChI=1S/C15H10FNO3S/c16-9-4-3-6-11(14(9)15(18)19)20-8-13-17-10-5-1-2-7-12(10)21-13/h1-7H,8H2,(H,18,19). The second-order valence-corrected chi connectivity index (χ2v) is 5.40. The fourth-order valence-corrected chi connectivity index (χ4v) is 2.83. The molecule has 2 aromatic carbocycles. The minimum atomic E-state index is -1.35. The number of carboxylic acid groups (broad SMARTS) is 1. The number of fused-ring (bicyclic) bond motifs is 1. The van der Waals surface area contributed by atoms with E-state index in [-0.39, 0.29) is 12.4 Å². The van der Waals surface area contributed by atoms with Crippen LogP contribution in [0.2, 0.25) is 0 Å². The summed E-state index contributed by atoms with van der Waals surface area (Å²) in [5.74, 6) is -2.17. The summed E-state index contributed by atoms with van der Waals surface area (Å²) in [5, 5.41) is 9.73. The minimum Gasteiger partial charge on any atom is -0.485 e. The van der Waals surface area contributed by atoms with Crippen molar-refractivity contribution in [2.24, 2.45) is 0 Å². The van der Waals surface area contributed by atoms with E-state index < -0.39 is 17.3 Å². The molecule has 0 saturated carbocycles. The molecule has 0 amide bonds. The van der Waals surface area contributed by atoms with Gasteiger partial charge in [0.2, 0.25) is 0 Å². The molecule has 6 heteroatoms. The molecular weight excluding hydrogens is 293 g/mol. The maximum Gasteiger partial charge on any atom is 0.342 e. The Labute approximate surface area is 123 Å².